The van der Waals surface area contributed by atoms with E-state index in [0.717, 1.165) is 0 Å². The Labute approximate surface area is 105 Å². The largest absolute Gasteiger partial charge is 0.465 e. The molecule has 1 aliphatic heterocycles. The van der Waals surface area contributed by atoms with Crippen LogP contribution in [-0.4, -0.2) is 28.5 Å². The van der Waals surface area contributed by atoms with Crippen molar-refractivity contribution in [1.82, 2.24) is 10.5 Å². The van der Waals surface area contributed by atoms with Crippen LogP contribution in [0.15, 0.2) is 24.3 Å². The molecule has 1 amide bonds. The number of nitrogens with one attached hydrogen (secondary N) is 1. The Balaban J connectivity index is 1.85. The van der Waals surface area contributed by atoms with Gasteiger partial charge in [-0.3, -0.25) is 0 Å². The molecular formula is C12H16N2O4. The normalized spacial score (nSPS) is 14.6. The van der Waals surface area contributed by atoms with Gasteiger partial charge in [-0.25, -0.2) is 4.79 Å². The summed E-state index contributed by atoms with van der Waals surface area (Å²) in [5.41, 5.74) is -0.534. The van der Waals surface area contributed by atoms with Gasteiger partial charge in [-0.05, 0) is 32.4 Å². The standard InChI is InChI=1S/C12H16N2O4/c1-12(2,13-11(15)16)7-8-14-17-9-5-3-4-6-10(9)18-14/h3-6,13H,7-8H2,1-2H3,(H,15,16). The van der Waals surface area contributed by atoms with Gasteiger partial charge in [0.05, 0.1) is 6.54 Å². The second-order valence-electron chi connectivity index (χ2n) is 4.75. The average Bonchev–Trinajstić information content (AvgIpc) is 2.67. The minimum atomic E-state index is -1.04. The monoisotopic (exact) mass is 252 g/mol. The summed E-state index contributed by atoms with van der Waals surface area (Å²) < 4.78 is 0. The van der Waals surface area contributed by atoms with Crippen LogP contribution in [0.4, 0.5) is 4.79 Å². The van der Waals surface area contributed by atoms with E-state index in [2.05, 4.69) is 5.32 Å². The average molecular weight is 252 g/mol. The molecule has 0 spiro atoms. The molecule has 0 aromatic heterocycles. The fourth-order valence-electron chi connectivity index (χ4n) is 1.65. The van der Waals surface area contributed by atoms with Crippen LogP contribution in [0, 0.1) is 0 Å². The lowest BCUT2D eigenvalue weighted by atomic mass is 10.0. The molecule has 2 N–H and O–H groups in total. The molecule has 6 nitrogen and oxygen atoms in total. The van der Waals surface area contributed by atoms with Gasteiger partial charge in [0.2, 0.25) is 0 Å². The van der Waals surface area contributed by atoms with E-state index >= 15 is 0 Å². The first-order chi connectivity index (χ1) is 8.46. The molecule has 0 saturated carbocycles. The Hall–Kier alpha value is -1.95. The predicted molar refractivity (Wildman–Crippen MR) is 64.3 cm³/mol. The van der Waals surface area contributed by atoms with Crippen LogP contribution in [-0.2, 0) is 0 Å². The number of benzene rings is 1. The Morgan fingerprint density at radius 3 is 2.39 bits per heavy atom. The minimum absolute atomic E-state index is 0.460. The van der Waals surface area contributed by atoms with E-state index in [-0.39, 0.29) is 0 Å². The lowest BCUT2D eigenvalue weighted by Crippen LogP contribution is -2.45. The Morgan fingerprint density at radius 2 is 1.89 bits per heavy atom. The zero-order chi connectivity index (χ0) is 13.2. The summed E-state index contributed by atoms with van der Waals surface area (Å²) in [6.07, 6.45) is -0.473. The molecule has 0 bridgehead atoms. The van der Waals surface area contributed by atoms with Gasteiger partial charge in [-0.1, -0.05) is 12.1 Å². The maximum Gasteiger partial charge on any atom is 0.405 e. The molecule has 0 unspecified atom stereocenters. The van der Waals surface area contributed by atoms with Crippen molar-refractivity contribution >= 4 is 6.09 Å². The number of hydrogen-bond acceptors (Lipinski definition) is 4. The molecule has 98 valence electrons. The molecule has 2 rings (SSSR count). The first kappa shape index (κ1) is 12.5. The van der Waals surface area contributed by atoms with E-state index in [0.29, 0.717) is 24.5 Å². The summed E-state index contributed by atoms with van der Waals surface area (Å²) in [6.45, 7) is 4.08. The van der Waals surface area contributed by atoms with Gasteiger partial charge < -0.3 is 20.1 Å². The molecule has 1 aromatic carbocycles. The number of carbonyl (C=O) groups is 1. The smallest absolute Gasteiger partial charge is 0.405 e. The van der Waals surface area contributed by atoms with E-state index in [1.165, 1.54) is 5.23 Å². The van der Waals surface area contributed by atoms with Crippen molar-refractivity contribution in [3.05, 3.63) is 24.3 Å². The number of hydroxylamine groups is 2. The minimum Gasteiger partial charge on any atom is -0.465 e. The van der Waals surface area contributed by atoms with Crippen LogP contribution in [0.1, 0.15) is 20.3 Å². The van der Waals surface area contributed by atoms with Crippen molar-refractivity contribution in [3.63, 3.8) is 0 Å². The summed E-state index contributed by atoms with van der Waals surface area (Å²) in [5.74, 6) is 1.34. The number of hydrogen-bond donors (Lipinski definition) is 2. The molecule has 1 aromatic rings. The predicted octanol–water partition coefficient (Wildman–Crippen LogP) is 2.03. The second-order valence-corrected chi connectivity index (χ2v) is 4.75. The Morgan fingerprint density at radius 1 is 1.33 bits per heavy atom. The fraction of sp³-hybridized carbons (Fsp3) is 0.417. The number of fused-ring (bicyclic) bond motifs is 1. The summed E-state index contributed by atoms with van der Waals surface area (Å²) in [6, 6.07) is 7.36. The number of amides is 1. The topological polar surface area (TPSA) is 71.0 Å². The van der Waals surface area contributed by atoms with Gasteiger partial charge in [0.1, 0.15) is 0 Å². The number of carboxylic acid groups (broad SMARTS) is 1. The van der Waals surface area contributed by atoms with Crippen LogP contribution in [0.5, 0.6) is 11.5 Å². The number of nitrogens with zero attached hydrogens (tertiary/aromatic N) is 1. The third-order valence-corrected chi connectivity index (χ3v) is 2.61. The summed E-state index contributed by atoms with van der Waals surface area (Å²) in [7, 11) is 0. The third kappa shape index (κ3) is 3.04. The molecule has 0 saturated heterocycles. The molecule has 0 aliphatic carbocycles. The van der Waals surface area contributed by atoms with E-state index in [1.54, 1.807) is 0 Å². The highest BCUT2D eigenvalue weighted by Gasteiger charge is 2.26. The quantitative estimate of drug-likeness (QED) is 0.857. The van der Waals surface area contributed by atoms with Crippen LogP contribution >= 0.6 is 0 Å². The van der Waals surface area contributed by atoms with Crippen molar-refractivity contribution in [2.24, 2.45) is 0 Å². The SMILES string of the molecule is CC(C)(CCN1Oc2ccccc2O1)NC(=O)O. The van der Waals surface area contributed by atoms with Crippen molar-refractivity contribution in [1.29, 1.82) is 0 Å². The van der Waals surface area contributed by atoms with E-state index in [1.807, 2.05) is 38.1 Å². The first-order valence-corrected chi connectivity index (χ1v) is 5.70. The van der Waals surface area contributed by atoms with Gasteiger partial charge in [-0.2, -0.15) is 0 Å². The highest BCUT2D eigenvalue weighted by Crippen LogP contribution is 2.33. The summed E-state index contributed by atoms with van der Waals surface area (Å²) >= 11 is 0. The van der Waals surface area contributed by atoms with E-state index in [4.69, 9.17) is 14.8 Å². The van der Waals surface area contributed by atoms with Crippen LogP contribution in [0.2, 0.25) is 0 Å². The highest BCUT2D eigenvalue weighted by atomic mass is 17.0. The zero-order valence-electron chi connectivity index (χ0n) is 10.3. The zero-order valence-corrected chi connectivity index (χ0v) is 10.3. The van der Waals surface area contributed by atoms with Gasteiger partial charge >= 0.3 is 6.09 Å². The highest BCUT2D eigenvalue weighted by molar-refractivity contribution is 5.65. The number of rotatable bonds is 4. The van der Waals surface area contributed by atoms with Gasteiger partial charge in [-0.15, -0.1) is 0 Å². The fourth-order valence-corrected chi connectivity index (χ4v) is 1.65. The van der Waals surface area contributed by atoms with Crippen molar-refractivity contribution in [2.45, 2.75) is 25.8 Å². The van der Waals surface area contributed by atoms with Gasteiger partial charge in [0.15, 0.2) is 11.5 Å². The van der Waals surface area contributed by atoms with Gasteiger partial charge in [0.25, 0.3) is 0 Å². The molecule has 0 atom stereocenters. The lowest BCUT2D eigenvalue weighted by molar-refractivity contribution is -0.227. The molecule has 0 fully saturated rings. The van der Waals surface area contributed by atoms with Gasteiger partial charge in [0, 0.05) is 10.8 Å². The first-order valence-electron chi connectivity index (χ1n) is 5.70. The molecule has 18 heavy (non-hydrogen) atoms. The maximum atomic E-state index is 10.6. The van der Waals surface area contributed by atoms with Crippen molar-refractivity contribution in [3.8, 4) is 11.5 Å². The second kappa shape index (κ2) is 4.73. The van der Waals surface area contributed by atoms with E-state index < -0.39 is 11.6 Å². The van der Waals surface area contributed by atoms with E-state index in [9.17, 15) is 4.79 Å². The Bertz CT molecular complexity index is 422. The molecular weight excluding hydrogens is 236 g/mol. The van der Waals surface area contributed by atoms with Crippen LogP contribution in [0.25, 0.3) is 0 Å². The third-order valence-electron chi connectivity index (χ3n) is 2.61. The maximum absolute atomic E-state index is 10.6. The van der Waals surface area contributed by atoms with Crippen LogP contribution in [0.3, 0.4) is 0 Å². The van der Waals surface area contributed by atoms with Crippen molar-refractivity contribution < 1.29 is 19.6 Å². The molecule has 6 heteroatoms. The molecule has 0 radical (unpaired) electrons. The summed E-state index contributed by atoms with van der Waals surface area (Å²) in [4.78, 5) is 21.5. The van der Waals surface area contributed by atoms with Crippen LogP contribution < -0.4 is 15.0 Å². The lowest BCUT2D eigenvalue weighted by Gasteiger charge is -2.25. The molecule has 1 heterocycles. The summed E-state index contributed by atoms with van der Waals surface area (Å²) in [5, 5.41) is 12.5. The Kier molecular flexibility index (Phi) is 3.29. The molecule has 1 aliphatic rings. The van der Waals surface area contributed by atoms with Crippen molar-refractivity contribution in [2.75, 3.05) is 6.54 Å². The number of para-hydroxylation sites is 2.